The van der Waals surface area contributed by atoms with Crippen LogP contribution in [0.3, 0.4) is 0 Å². The Bertz CT molecular complexity index is 1000. The third-order valence-corrected chi connectivity index (χ3v) is 5.50. The third kappa shape index (κ3) is 4.89. The Morgan fingerprint density at radius 3 is 2.36 bits per heavy atom. The molecule has 150 valence electrons. The van der Waals surface area contributed by atoms with Gasteiger partial charge in [0.05, 0.1) is 24.6 Å². The molecule has 1 N–H and O–H groups in total. The van der Waals surface area contributed by atoms with Crippen molar-refractivity contribution >= 4 is 33.3 Å². The van der Waals surface area contributed by atoms with E-state index in [2.05, 4.69) is 5.32 Å². The van der Waals surface area contributed by atoms with Crippen molar-refractivity contribution in [1.82, 2.24) is 0 Å². The summed E-state index contributed by atoms with van der Waals surface area (Å²) in [7, 11) is -2.44. The predicted molar refractivity (Wildman–Crippen MR) is 109 cm³/mol. The fourth-order valence-corrected chi connectivity index (χ4v) is 3.98. The summed E-state index contributed by atoms with van der Waals surface area (Å²) in [5, 5.41) is 2.71. The number of amides is 1. The maximum Gasteiger partial charge on any atom is 0.337 e. The van der Waals surface area contributed by atoms with Crippen LogP contribution < -0.4 is 9.62 Å². The number of benzene rings is 2. The van der Waals surface area contributed by atoms with Gasteiger partial charge in [-0.05, 0) is 56.2 Å². The van der Waals surface area contributed by atoms with E-state index < -0.39 is 27.9 Å². The van der Waals surface area contributed by atoms with Crippen LogP contribution in [0.1, 0.15) is 28.4 Å². The molecule has 0 unspecified atom stereocenters. The Morgan fingerprint density at radius 1 is 1.11 bits per heavy atom. The number of rotatable bonds is 6. The number of carbonyl (C=O) groups is 2. The molecule has 0 bridgehead atoms. The molecule has 0 spiro atoms. The summed E-state index contributed by atoms with van der Waals surface area (Å²) < 4.78 is 30.5. The highest BCUT2D eigenvalue weighted by atomic mass is 32.2. The van der Waals surface area contributed by atoms with E-state index in [1.54, 1.807) is 37.3 Å². The molecule has 1 amide bonds. The van der Waals surface area contributed by atoms with Crippen molar-refractivity contribution in [1.29, 1.82) is 0 Å². The van der Waals surface area contributed by atoms with Gasteiger partial charge < -0.3 is 10.1 Å². The number of anilines is 2. The smallest absolute Gasteiger partial charge is 0.337 e. The lowest BCUT2D eigenvalue weighted by molar-refractivity contribution is -0.116. The van der Waals surface area contributed by atoms with Crippen LogP contribution >= 0.6 is 0 Å². The van der Waals surface area contributed by atoms with Crippen molar-refractivity contribution < 1.29 is 22.7 Å². The number of aryl methyl sites for hydroxylation is 2. The van der Waals surface area contributed by atoms with E-state index in [0.717, 1.165) is 21.7 Å². The average Bonchev–Trinajstić information content (AvgIpc) is 2.61. The van der Waals surface area contributed by atoms with E-state index >= 15 is 0 Å². The van der Waals surface area contributed by atoms with Crippen LogP contribution in [0.15, 0.2) is 42.5 Å². The first-order valence-corrected chi connectivity index (χ1v) is 10.5. The molecule has 0 aromatic heterocycles. The van der Waals surface area contributed by atoms with Crippen molar-refractivity contribution in [3.63, 3.8) is 0 Å². The van der Waals surface area contributed by atoms with E-state index in [9.17, 15) is 18.0 Å². The number of carbonyl (C=O) groups excluding carboxylic acids is 2. The molecule has 0 aliphatic heterocycles. The summed E-state index contributed by atoms with van der Waals surface area (Å²) >= 11 is 0. The van der Waals surface area contributed by atoms with Gasteiger partial charge in [0, 0.05) is 5.69 Å². The van der Waals surface area contributed by atoms with Crippen LogP contribution in [0, 0.1) is 13.8 Å². The lowest BCUT2D eigenvalue weighted by atomic mass is 10.1. The van der Waals surface area contributed by atoms with Gasteiger partial charge in [0.15, 0.2) is 0 Å². The first-order chi connectivity index (χ1) is 13.0. The molecule has 0 fully saturated rings. The second-order valence-corrected chi connectivity index (χ2v) is 8.44. The van der Waals surface area contributed by atoms with Crippen LogP contribution in [0.25, 0.3) is 0 Å². The number of nitrogens with zero attached hydrogens (tertiary/aromatic N) is 1. The van der Waals surface area contributed by atoms with E-state index in [-0.39, 0.29) is 5.56 Å². The van der Waals surface area contributed by atoms with Gasteiger partial charge in [-0.25, -0.2) is 13.2 Å². The minimum absolute atomic E-state index is 0.287. The summed E-state index contributed by atoms with van der Waals surface area (Å²) in [6, 6.07) is 10.7. The van der Waals surface area contributed by atoms with Crippen LogP contribution in [0.4, 0.5) is 11.4 Å². The Balaban J connectivity index is 2.35. The van der Waals surface area contributed by atoms with Crippen molar-refractivity contribution in [3.05, 3.63) is 59.2 Å². The third-order valence-electron chi connectivity index (χ3n) is 4.26. The van der Waals surface area contributed by atoms with Gasteiger partial charge in [-0.1, -0.05) is 18.2 Å². The number of hydrogen-bond donors (Lipinski definition) is 1. The fourth-order valence-electron chi connectivity index (χ4n) is 2.81. The van der Waals surface area contributed by atoms with Gasteiger partial charge in [-0.3, -0.25) is 9.10 Å². The number of hydrogen-bond acceptors (Lipinski definition) is 5. The second-order valence-electron chi connectivity index (χ2n) is 6.58. The van der Waals surface area contributed by atoms with Crippen molar-refractivity contribution in [3.8, 4) is 0 Å². The zero-order chi connectivity index (χ0) is 21.1. The van der Waals surface area contributed by atoms with Gasteiger partial charge in [-0.2, -0.15) is 0 Å². The van der Waals surface area contributed by atoms with Crippen molar-refractivity contribution in [2.45, 2.75) is 26.8 Å². The molecule has 0 aliphatic rings. The lowest BCUT2D eigenvalue weighted by Gasteiger charge is -2.28. The van der Waals surface area contributed by atoms with Gasteiger partial charge in [0.25, 0.3) is 0 Å². The summed E-state index contributed by atoms with van der Waals surface area (Å²) in [5.41, 5.74) is 2.72. The van der Waals surface area contributed by atoms with E-state index in [0.29, 0.717) is 11.4 Å². The molecule has 7 nitrogen and oxygen atoms in total. The number of methoxy groups -OCH3 is 1. The zero-order valence-corrected chi connectivity index (χ0v) is 17.3. The average molecular weight is 404 g/mol. The highest BCUT2D eigenvalue weighted by molar-refractivity contribution is 7.92. The number of ether oxygens (including phenoxy) is 1. The van der Waals surface area contributed by atoms with Crippen molar-refractivity contribution in [2.75, 3.05) is 23.0 Å². The molecule has 2 aromatic rings. The SMILES string of the molecule is COC(=O)c1ccc(C)c(NC(=O)[C@@H](C)N(c2cccc(C)c2)S(C)(=O)=O)c1. The maximum atomic E-state index is 12.8. The summed E-state index contributed by atoms with van der Waals surface area (Å²) in [5.74, 6) is -1.04. The van der Waals surface area contributed by atoms with E-state index in [1.165, 1.54) is 20.1 Å². The molecule has 1 atom stereocenters. The van der Waals surface area contributed by atoms with E-state index in [1.807, 2.05) is 13.0 Å². The molecule has 0 saturated carbocycles. The standard InChI is InChI=1S/C20H24N2O5S/c1-13-7-6-8-17(11-13)22(28(5,25)26)15(3)19(23)21-18-12-16(20(24)27-4)10-9-14(18)2/h6-12,15H,1-5H3,(H,21,23)/t15-/m1/s1. The molecule has 0 saturated heterocycles. The van der Waals surface area contributed by atoms with Crippen molar-refractivity contribution in [2.24, 2.45) is 0 Å². The minimum atomic E-state index is -3.71. The van der Waals surface area contributed by atoms with Gasteiger partial charge in [-0.15, -0.1) is 0 Å². The van der Waals surface area contributed by atoms with E-state index in [4.69, 9.17) is 4.74 Å². The number of nitrogens with one attached hydrogen (secondary N) is 1. The molecule has 2 aromatic carbocycles. The number of sulfonamides is 1. The highest BCUT2D eigenvalue weighted by Crippen LogP contribution is 2.24. The molecule has 0 radical (unpaired) electrons. The summed E-state index contributed by atoms with van der Waals surface area (Å²) in [6.07, 6.45) is 1.06. The summed E-state index contributed by atoms with van der Waals surface area (Å²) in [4.78, 5) is 24.6. The molecule has 0 heterocycles. The summed E-state index contributed by atoms with van der Waals surface area (Å²) in [6.45, 7) is 5.13. The van der Waals surface area contributed by atoms with Crippen LogP contribution in [0.5, 0.6) is 0 Å². The Morgan fingerprint density at radius 2 is 1.79 bits per heavy atom. The Kier molecular flexibility index (Phi) is 6.45. The largest absolute Gasteiger partial charge is 0.465 e. The highest BCUT2D eigenvalue weighted by Gasteiger charge is 2.29. The second kappa shape index (κ2) is 8.43. The molecule has 2 rings (SSSR count). The van der Waals surface area contributed by atoms with Gasteiger partial charge in [0.1, 0.15) is 6.04 Å². The first kappa shape index (κ1) is 21.4. The normalized spacial score (nSPS) is 12.2. The van der Waals surface area contributed by atoms with Crippen LogP contribution in [-0.4, -0.2) is 39.7 Å². The number of esters is 1. The minimum Gasteiger partial charge on any atom is -0.465 e. The Hall–Kier alpha value is -2.87. The molecule has 8 heteroatoms. The van der Waals surface area contributed by atoms with Crippen LogP contribution in [0.2, 0.25) is 0 Å². The first-order valence-electron chi connectivity index (χ1n) is 8.60. The topological polar surface area (TPSA) is 92.8 Å². The Labute approximate surface area is 165 Å². The van der Waals surface area contributed by atoms with Crippen LogP contribution in [-0.2, 0) is 19.6 Å². The van der Waals surface area contributed by atoms with Gasteiger partial charge >= 0.3 is 5.97 Å². The zero-order valence-electron chi connectivity index (χ0n) is 16.5. The van der Waals surface area contributed by atoms with Gasteiger partial charge in [0.2, 0.25) is 15.9 Å². The monoisotopic (exact) mass is 404 g/mol. The predicted octanol–water partition coefficient (Wildman–Crippen LogP) is 2.88. The molecule has 28 heavy (non-hydrogen) atoms. The molecular weight excluding hydrogens is 380 g/mol. The fraction of sp³-hybridized carbons (Fsp3) is 0.300. The maximum absolute atomic E-state index is 12.8. The molecule has 0 aliphatic carbocycles. The lowest BCUT2D eigenvalue weighted by Crippen LogP contribution is -2.45. The molecular formula is C20H24N2O5S. The quantitative estimate of drug-likeness (QED) is 0.748.